The predicted molar refractivity (Wildman–Crippen MR) is 124 cm³/mol. The van der Waals surface area contributed by atoms with Gasteiger partial charge in [0, 0.05) is 12.5 Å². The Hall–Kier alpha value is -2.43. The number of aromatic nitrogens is 2. The van der Waals surface area contributed by atoms with E-state index in [2.05, 4.69) is 33.8 Å². The van der Waals surface area contributed by atoms with Crippen LogP contribution in [-0.4, -0.2) is 21.3 Å². The molecule has 1 aliphatic heterocycles. The molecule has 4 nitrogen and oxygen atoms in total. The third-order valence-electron chi connectivity index (χ3n) is 7.58. The lowest BCUT2D eigenvalue weighted by molar-refractivity contribution is 0.251. The minimum atomic E-state index is -0.228. The van der Waals surface area contributed by atoms with Crippen LogP contribution >= 0.6 is 11.6 Å². The second-order valence-electron chi connectivity index (χ2n) is 9.26. The third kappa shape index (κ3) is 2.71. The Bertz CT molecular complexity index is 1300. The summed E-state index contributed by atoms with van der Waals surface area (Å²) in [6, 6.07) is 12.4. The minimum absolute atomic E-state index is 0.211. The van der Waals surface area contributed by atoms with E-state index in [9.17, 15) is 9.90 Å². The van der Waals surface area contributed by atoms with Gasteiger partial charge in [-0.1, -0.05) is 49.1 Å². The van der Waals surface area contributed by atoms with Gasteiger partial charge in [0.1, 0.15) is 5.82 Å². The molecule has 0 radical (unpaired) electrons. The van der Waals surface area contributed by atoms with Crippen molar-refractivity contribution in [2.24, 2.45) is 5.92 Å². The van der Waals surface area contributed by atoms with Crippen LogP contribution in [0.2, 0.25) is 5.02 Å². The Kier molecular flexibility index (Phi) is 4.38. The van der Waals surface area contributed by atoms with Gasteiger partial charge >= 0.3 is 0 Å². The summed E-state index contributed by atoms with van der Waals surface area (Å²) in [5.74, 6) is 1.14. The number of allylic oxidation sites excluding steroid dienone is 1. The molecule has 2 heterocycles. The van der Waals surface area contributed by atoms with E-state index in [0.29, 0.717) is 10.4 Å². The number of hydrogen-bond acceptors (Lipinski definition) is 3. The molecule has 3 aliphatic rings. The topological polar surface area (TPSA) is 55.1 Å². The predicted octanol–water partition coefficient (Wildman–Crippen LogP) is 5.39. The highest BCUT2D eigenvalue weighted by Crippen LogP contribution is 2.52. The summed E-state index contributed by atoms with van der Waals surface area (Å²) in [6.07, 6.45) is 9.77. The number of hydrogen-bond donors (Lipinski definition) is 1. The maximum Gasteiger partial charge on any atom is 0.282 e. The highest BCUT2D eigenvalue weighted by molar-refractivity contribution is 6.35. The summed E-state index contributed by atoms with van der Waals surface area (Å²) in [4.78, 5) is 17.7. The van der Waals surface area contributed by atoms with Crippen molar-refractivity contribution in [2.45, 2.75) is 50.4 Å². The van der Waals surface area contributed by atoms with Gasteiger partial charge in [-0.25, -0.2) is 0 Å². The van der Waals surface area contributed by atoms with E-state index in [4.69, 9.17) is 11.6 Å². The van der Waals surface area contributed by atoms with Gasteiger partial charge in [0.15, 0.2) is 0 Å². The number of benzene rings is 2. The molecule has 1 fully saturated rings. The largest absolute Gasteiger partial charge is 0.396 e. The molecule has 158 valence electrons. The van der Waals surface area contributed by atoms with E-state index >= 15 is 0 Å². The van der Waals surface area contributed by atoms with Gasteiger partial charge in [0.05, 0.1) is 27.0 Å². The van der Waals surface area contributed by atoms with Gasteiger partial charge in [0.25, 0.3) is 5.56 Å². The quantitative estimate of drug-likeness (QED) is 0.590. The van der Waals surface area contributed by atoms with Gasteiger partial charge in [-0.2, -0.15) is 4.98 Å². The Balaban J connectivity index is 1.64. The molecule has 1 spiro atoms. The first-order chi connectivity index (χ1) is 15.1. The summed E-state index contributed by atoms with van der Waals surface area (Å²) in [6.45, 7) is 0.211. The molecule has 5 heteroatoms. The van der Waals surface area contributed by atoms with E-state index in [1.165, 1.54) is 23.1 Å². The second kappa shape index (κ2) is 7.04. The smallest absolute Gasteiger partial charge is 0.282 e. The zero-order chi connectivity index (χ0) is 21.2. The fourth-order valence-corrected chi connectivity index (χ4v) is 6.30. The number of fused-ring (bicyclic) bond motifs is 7. The minimum Gasteiger partial charge on any atom is -0.396 e. The molecule has 1 unspecified atom stereocenters. The Labute approximate surface area is 186 Å². The monoisotopic (exact) mass is 432 g/mol. The van der Waals surface area contributed by atoms with Crippen LogP contribution in [0.25, 0.3) is 22.2 Å². The third-order valence-corrected chi connectivity index (χ3v) is 7.90. The zero-order valence-electron chi connectivity index (χ0n) is 17.4. The Morgan fingerprint density at radius 3 is 2.77 bits per heavy atom. The van der Waals surface area contributed by atoms with Crippen LogP contribution in [0.3, 0.4) is 0 Å². The summed E-state index contributed by atoms with van der Waals surface area (Å²) in [5, 5.41) is 10.5. The van der Waals surface area contributed by atoms with Crippen molar-refractivity contribution in [3.8, 4) is 5.69 Å². The maximum atomic E-state index is 13.0. The molecule has 1 saturated carbocycles. The number of halogens is 1. The molecule has 2 aromatic carbocycles. The molecule has 0 amide bonds. The van der Waals surface area contributed by atoms with Crippen molar-refractivity contribution in [2.75, 3.05) is 6.61 Å². The summed E-state index contributed by atoms with van der Waals surface area (Å²) in [5.41, 5.74) is 5.37. The average Bonchev–Trinajstić information content (AvgIpc) is 3.37. The van der Waals surface area contributed by atoms with Crippen LogP contribution in [0.4, 0.5) is 0 Å². The van der Waals surface area contributed by atoms with E-state index in [1.54, 1.807) is 6.07 Å². The molecular formula is C26H25ClN2O2. The molecular weight excluding hydrogens is 408 g/mol. The molecule has 0 bridgehead atoms. The van der Waals surface area contributed by atoms with Gasteiger partial charge in [-0.3, -0.25) is 9.36 Å². The van der Waals surface area contributed by atoms with Crippen LogP contribution in [0.5, 0.6) is 0 Å². The van der Waals surface area contributed by atoms with E-state index < -0.39 is 0 Å². The number of nitrogens with zero attached hydrogens (tertiary/aromatic N) is 2. The first-order valence-electron chi connectivity index (χ1n) is 11.3. The van der Waals surface area contributed by atoms with Crippen LogP contribution in [0, 0.1) is 5.92 Å². The van der Waals surface area contributed by atoms with Crippen LogP contribution < -0.4 is 5.56 Å². The molecule has 1 aromatic heterocycles. The first kappa shape index (κ1) is 19.3. The summed E-state index contributed by atoms with van der Waals surface area (Å²) >= 11 is 6.43. The van der Waals surface area contributed by atoms with Gasteiger partial charge < -0.3 is 5.11 Å². The van der Waals surface area contributed by atoms with Crippen molar-refractivity contribution in [3.05, 3.63) is 74.8 Å². The molecule has 0 saturated heterocycles. The maximum absolute atomic E-state index is 13.0. The Morgan fingerprint density at radius 1 is 1.16 bits per heavy atom. The van der Waals surface area contributed by atoms with Crippen molar-refractivity contribution in [3.63, 3.8) is 0 Å². The number of rotatable bonds is 2. The van der Waals surface area contributed by atoms with Gasteiger partial charge in [-0.15, -0.1) is 0 Å². The van der Waals surface area contributed by atoms with Crippen LogP contribution in [-0.2, 0) is 5.41 Å². The SMILES string of the molecule is O=c1nc2n(c3cccc(Cl)c13)-c1ccc(C3=CC(CO)CC3)cc1C21CCCCC1. The normalized spacial score (nSPS) is 21.4. The van der Waals surface area contributed by atoms with E-state index in [0.717, 1.165) is 55.6 Å². The van der Waals surface area contributed by atoms with E-state index in [-0.39, 0.29) is 23.5 Å². The lowest BCUT2D eigenvalue weighted by Gasteiger charge is -2.33. The summed E-state index contributed by atoms with van der Waals surface area (Å²) in [7, 11) is 0. The van der Waals surface area contributed by atoms with Crippen molar-refractivity contribution < 1.29 is 5.11 Å². The molecule has 2 aliphatic carbocycles. The molecule has 31 heavy (non-hydrogen) atoms. The van der Waals surface area contributed by atoms with Crippen LogP contribution in [0.15, 0.2) is 47.3 Å². The van der Waals surface area contributed by atoms with Crippen LogP contribution in [0.1, 0.15) is 61.9 Å². The Morgan fingerprint density at radius 2 is 2.00 bits per heavy atom. The average molecular weight is 433 g/mol. The molecule has 1 atom stereocenters. The fraction of sp³-hybridized carbons (Fsp3) is 0.385. The van der Waals surface area contributed by atoms with Crippen molar-refractivity contribution in [1.82, 2.24) is 9.55 Å². The first-order valence-corrected chi connectivity index (χ1v) is 11.7. The molecule has 3 aromatic rings. The standard InChI is InChI=1S/C26H25ClN2O2/c27-20-5-4-6-22-23(20)24(31)28-25-26(11-2-1-3-12-26)19-14-18(9-10-21(19)29(22)25)17-8-7-16(13-17)15-30/h4-6,9-10,13-14,16,30H,1-3,7-8,11-12,15H2. The molecule has 6 rings (SSSR count). The van der Waals surface area contributed by atoms with Crippen molar-refractivity contribution >= 4 is 28.1 Å². The number of aliphatic hydroxyl groups is 1. The highest BCUT2D eigenvalue weighted by atomic mass is 35.5. The second-order valence-corrected chi connectivity index (χ2v) is 9.67. The molecule has 1 N–H and O–H groups in total. The van der Waals surface area contributed by atoms with Gasteiger partial charge in [0.2, 0.25) is 0 Å². The lowest BCUT2D eigenvalue weighted by atomic mass is 9.69. The number of aliphatic hydroxyl groups excluding tert-OH is 1. The lowest BCUT2D eigenvalue weighted by Crippen LogP contribution is -2.32. The van der Waals surface area contributed by atoms with Gasteiger partial charge in [-0.05, 0) is 66.6 Å². The highest BCUT2D eigenvalue weighted by Gasteiger charge is 2.46. The van der Waals surface area contributed by atoms with E-state index in [1.807, 2.05) is 12.1 Å². The summed E-state index contributed by atoms with van der Waals surface area (Å²) < 4.78 is 2.19. The fourth-order valence-electron chi connectivity index (χ4n) is 6.05. The zero-order valence-corrected chi connectivity index (χ0v) is 18.2. The van der Waals surface area contributed by atoms with Crippen molar-refractivity contribution in [1.29, 1.82) is 0 Å².